The number of fused-ring (bicyclic) bond motifs is 1. The second-order valence-electron chi connectivity index (χ2n) is 5.93. The molecule has 0 saturated carbocycles. The molecule has 0 spiro atoms. The topological polar surface area (TPSA) is 31.2 Å². The van der Waals surface area contributed by atoms with Gasteiger partial charge in [-0.05, 0) is 51.7 Å². The molecule has 0 fully saturated rings. The molecule has 0 aliphatic carbocycles. The number of nitrogens with zero attached hydrogens (tertiary/aromatic N) is 1. The molecule has 0 atom stereocenters. The third-order valence-corrected chi connectivity index (χ3v) is 5.07. The number of hydrogen-bond acceptors (Lipinski definition) is 2. The Hall–Kier alpha value is -2.60. The van der Waals surface area contributed by atoms with Gasteiger partial charge in [0.25, 0.3) is 5.56 Å². The summed E-state index contributed by atoms with van der Waals surface area (Å²) in [7, 11) is 1.53. The number of aromatic nitrogens is 1. The molecule has 0 amide bonds. The highest BCUT2D eigenvalue weighted by Crippen LogP contribution is 2.36. The van der Waals surface area contributed by atoms with Crippen LogP contribution in [0, 0.1) is 3.57 Å². The minimum atomic E-state index is -0.155. The Morgan fingerprint density at radius 3 is 2.04 bits per heavy atom. The summed E-state index contributed by atoms with van der Waals surface area (Å²) >= 11 is 2.28. The average molecular weight is 453 g/mol. The van der Waals surface area contributed by atoms with Crippen LogP contribution in [-0.2, 0) is 0 Å². The Morgan fingerprint density at radius 2 is 1.42 bits per heavy atom. The molecule has 0 radical (unpaired) electrons. The Bertz CT molecular complexity index is 1140. The molecule has 0 saturated heterocycles. The van der Waals surface area contributed by atoms with E-state index in [9.17, 15) is 4.79 Å². The SMILES string of the molecule is COn1c(-c2ccccc2)c(-c2ccccc2)c2cc(I)ccc2c1=O. The molecule has 1 aromatic heterocycles. The first-order valence-electron chi connectivity index (χ1n) is 8.24. The average Bonchev–Trinajstić information content (AvgIpc) is 2.69. The highest BCUT2D eigenvalue weighted by atomic mass is 127. The number of rotatable bonds is 3. The third kappa shape index (κ3) is 2.80. The Labute approximate surface area is 165 Å². The maximum Gasteiger partial charge on any atom is 0.291 e. The van der Waals surface area contributed by atoms with Gasteiger partial charge in [-0.15, -0.1) is 4.73 Å². The molecule has 4 heteroatoms. The molecule has 0 aliphatic heterocycles. The zero-order valence-corrected chi connectivity index (χ0v) is 16.3. The van der Waals surface area contributed by atoms with Gasteiger partial charge in [0, 0.05) is 14.7 Å². The van der Waals surface area contributed by atoms with Crippen molar-refractivity contribution in [3.05, 3.63) is 92.8 Å². The zero-order valence-electron chi connectivity index (χ0n) is 14.1. The van der Waals surface area contributed by atoms with Crippen LogP contribution in [0.4, 0.5) is 0 Å². The number of hydrogen-bond donors (Lipinski definition) is 0. The van der Waals surface area contributed by atoms with Gasteiger partial charge in [0.15, 0.2) is 0 Å². The first-order chi connectivity index (χ1) is 12.7. The maximum absolute atomic E-state index is 13.1. The maximum atomic E-state index is 13.1. The van der Waals surface area contributed by atoms with Crippen LogP contribution < -0.4 is 10.4 Å². The van der Waals surface area contributed by atoms with Crippen LogP contribution >= 0.6 is 22.6 Å². The van der Waals surface area contributed by atoms with Crippen LogP contribution in [0.3, 0.4) is 0 Å². The summed E-state index contributed by atoms with van der Waals surface area (Å²) in [6.45, 7) is 0. The van der Waals surface area contributed by atoms with Gasteiger partial charge < -0.3 is 4.84 Å². The van der Waals surface area contributed by atoms with Crippen molar-refractivity contribution in [2.45, 2.75) is 0 Å². The minimum absolute atomic E-state index is 0.155. The van der Waals surface area contributed by atoms with Crippen LogP contribution in [0.5, 0.6) is 0 Å². The van der Waals surface area contributed by atoms with Crippen molar-refractivity contribution in [1.29, 1.82) is 0 Å². The van der Waals surface area contributed by atoms with E-state index in [-0.39, 0.29) is 5.56 Å². The van der Waals surface area contributed by atoms with E-state index in [1.165, 1.54) is 11.8 Å². The largest absolute Gasteiger partial charge is 0.413 e. The van der Waals surface area contributed by atoms with Crippen LogP contribution in [0.15, 0.2) is 83.7 Å². The first-order valence-corrected chi connectivity index (χ1v) is 9.32. The van der Waals surface area contributed by atoms with Crippen molar-refractivity contribution in [1.82, 2.24) is 4.73 Å². The van der Waals surface area contributed by atoms with Gasteiger partial charge in [-0.1, -0.05) is 60.7 Å². The number of halogens is 1. The van der Waals surface area contributed by atoms with Gasteiger partial charge in [0.1, 0.15) is 7.11 Å². The molecular formula is C22H16INO2. The van der Waals surface area contributed by atoms with E-state index in [0.717, 1.165) is 31.3 Å². The Morgan fingerprint density at radius 1 is 0.808 bits per heavy atom. The van der Waals surface area contributed by atoms with Gasteiger partial charge in [-0.3, -0.25) is 4.79 Å². The van der Waals surface area contributed by atoms with E-state index in [1.54, 1.807) is 0 Å². The molecule has 0 bridgehead atoms. The molecule has 0 unspecified atom stereocenters. The van der Waals surface area contributed by atoms with Crippen molar-refractivity contribution in [3.63, 3.8) is 0 Å². The van der Waals surface area contributed by atoms with E-state index in [2.05, 4.69) is 40.8 Å². The lowest BCUT2D eigenvalue weighted by molar-refractivity contribution is 0.163. The lowest BCUT2D eigenvalue weighted by Gasteiger charge is -2.19. The summed E-state index contributed by atoms with van der Waals surface area (Å²) in [6.07, 6.45) is 0. The van der Waals surface area contributed by atoms with E-state index in [0.29, 0.717) is 5.39 Å². The smallest absolute Gasteiger partial charge is 0.291 e. The van der Waals surface area contributed by atoms with E-state index in [1.807, 2.05) is 60.7 Å². The summed E-state index contributed by atoms with van der Waals surface area (Å²) in [6, 6.07) is 25.9. The van der Waals surface area contributed by atoms with Gasteiger partial charge in [-0.2, -0.15) is 0 Å². The Balaban J connectivity index is 2.26. The summed E-state index contributed by atoms with van der Waals surface area (Å²) in [5, 5.41) is 1.58. The lowest BCUT2D eigenvalue weighted by Crippen LogP contribution is -2.27. The third-order valence-electron chi connectivity index (χ3n) is 4.40. The molecule has 0 aliphatic rings. The molecule has 128 valence electrons. The van der Waals surface area contributed by atoms with Crippen LogP contribution in [0.2, 0.25) is 0 Å². The molecular weight excluding hydrogens is 437 g/mol. The fourth-order valence-electron chi connectivity index (χ4n) is 3.28. The van der Waals surface area contributed by atoms with E-state index < -0.39 is 0 Å². The highest BCUT2D eigenvalue weighted by molar-refractivity contribution is 14.1. The fourth-order valence-corrected chi connectivity index (χ4v) is 3.77. The summed E-state index contributed by atoms with van der Waals surface area (Å²) in [5.41, 5.74) is 3.58. The van der Waals surface area contributed by atoms with Crippen molar-refractivity contribution in [2.75, 3.05) is 7.11 Å². The zero-order chi connectivity index (χ0) is 18.1. The summed E-state index contributed by atoms with van der Waals surface area (Å²) in [4.78, 5) is 18.6. The summed E-state index contributed by atoms with van der Waals surface area (Å²) < 4.78 is 2.48. The molecule has 4 rings (SSSR count). The highest BCUT2D eigenvalue weighted by Gasteiger charge is 2.20. The van der Waals surface area contributed by atoms with Crippen LogP contribution in [0.25, 0.3) is 33.2 Å². The summed E-state index contributed by atoms with van der Waals surface area (Å²) in [5.74, 6) is 0. The Kier molecular flexibility index (Phi) is 4.51. The fraction of sp³-hybridized carbons (Fsp3) is 0.0455. The quantitative estimate of drug-likeness (QED) is 0.409. The second-order valence-corrected chi connectivity index (χ2v) is 7.17. The minimum Gasteiger partial charge on any atom is -0.413 e. The van der Waals surface area contributed by atoms with Crippen molar-refractivity contribution in [3.8, 4) is 22.4 Å². The molecule has 0 N–H and O–H groups in total. The van der Waals surface area contributed by atoms with Gasteiger partial charge >= 0.3 is 0 Å². The monoisotopic (exact) mass is 453 g/mol. The van der Waals surface area contributed by atoms with Gasteiger partial charge in [0.05, 0.1) is 11.1 Å². The number of benzene rings is 3. The second kappa shape index (κ2) is 6.96. The van der Waals surface area contributed by atoms with E-state index >= 15 is 0 Å². The molecule has 3 aromatic carbocycles. The number of pyridine rings is 1. The standard InChI is InChI=1S/C22H16INO2/c1-26-24-21(16-10-6-3-7-11-16)20(15-8-4-2-5-9-15)19-14-17(23)12-13-18(19)22(24)25/h2-14H,1H3. The predicted molar refractivity (Wildman–Crippen MR) is 114 cm³/mol. The van der Waals surface area contributed by atoms with Gasteiger partial charge in [-0.25, -0.2) is 0 Å². The molecule has 3 nitrogen and oxygen atoms in total. The lowest BCUT2D eigenvalue weighted by atomic mass is 9.94. The first kappa shape index (κ1) is 16.8. The van der Waals surface area contributed by atoms with E-state index in [4.69, 9.17) is 4.84 Å². The van der Waals surface area contributed by atoms with Crippen LogP contribution in [-0.4, -0.2) is 11.8 Å². The molecule has 26 heavy (non-hydrogen) atoms. The normalized spacial score (nSPS) is 10.8. The van der Waals surface area contributed by atoms with Crippen molar-refractivity contribution < 1.29 is 4.84 Å². The van der Waals surface area contributed by atoms with Crippen molar-refractivity contribution in [2.24, 2.45) is 0 Å². The molecule has 1 heterocycles. The van der Waals surface area contributed by atoms with Gasteiger partial charge in [0.2, 0.25) is 0 Å². The van der Waals surface area contributed by atoms with Crippen LogP contribution in [0.1, 0.15) is 0 Å². The predicted octanol–water partition coefficient (Wildman–Crippen LogP) is 5.00. The van der Waals surface area contributed by atoms with Crippen molar-refractivity contribution >= 4 is 33.4 Å². The molecule has 4 aromatic rings.